The number of carbonyl (C=O) groups excluding carboxylic acids is 1. The molecule has 2 aromatic carbocycles. The third-order valence-electron chi connectivity index (χ3n) is 3.82. The van der Waals surface area contributed by atoms with Crippen molar-refractivity contribution < 1.29 is 17.6 Å². The van der Waals surface area contributed by atoms with Crippen molar-refractivity contribution in [3.8, 4) is 0 Å². The van der Waals surface area contributed by atoms with E-state index in [4.69, 9.17) is 0 Å². The minimum Gasteiger partial charge on any atom is -0.324 e. The molecule has 0 fully saturated rings. The summed E-state index contributed by atoms with van der Waals surface area (Å²) in [6.45, 7) is 5.25. The second-order valence-electron chi connectivity index (χ2n) is 6.02. The van der Waals surface area contributed by atoms with Gasteiger partial charge in [0.05, 0.1) is 11.9 Å². The van der Waals surface area contributed by atoms with E-state index < -0.39 is 27.8 Å². The summed E-state index contributed by atoms with van der Waals surface area (Å²) in [7, 11) is -3.74. The smallest absolute Gasteiger partial charge is 0.248 e. The molecule has 1 atom stereocenters. The van der Waals surface area contributed by atoms with Crippen LogP contribution in [0.2, 0.25) is 0 Å². The van der Waals surface area contributed by atoms with Crippen LogP contribution in [0.15, 0.2) is 42.5 Å². The van der Waals surface area contributed by atoms with E-state index in [9.17, 15) is 17.6 Å². The number of rotatable bonds is 5. The Kier molecular flexibility index (Phi) is 5.47. The van der Waals surface area contributed by atoms with Gasteiger partial charge < -0.3 is 5.32 Å². The summed E-state index contributed by atoms with van der Waals surface area (Å²) in [5, 5.41) is 2.77. The van der Waals surface area contributed by atoms with Gasteiger partial charge in [0, 0.05) is 5.69 Å². The topological polar surface area (TPSA) is 66.5 Å². The zero-order chi connectivity index (χ0) is 18.8. The predicted octanol–water partition coefficient (Wildman–Crippen LogP) is 3.24. The molecule has 0 radical (unpaired) electrons. The van der Waals surface area contributed by atoms with E-state index in [-0.39, 0.29) is 5.69 Å². The number of aryl methyl sites for hydroxylation is 2. The fourth-order valence-corrected chi connectivity index (χ4v) is 3.68. The molecule has 0 aliphatic heterocycles. The number of nitrogens with zero attached hydrogens (tertiary/aromatic N) is 1. The Balaban J connectivity index is 2.33. The second kappa shape index (κ2) is 7.23. The zero-order valence-electron chi connectivity index (χ0n) is 14.6. The Morgan fingerprint density at radius 2 is 1.72 bits per heavy atom. The molecular formula is C18H21FN2O3S. The number of amides is 1. The van der Waals surface area contributed by atoms with E-state index in [1.807, 2.05) is 32.0 Å². The number of halogens is 1. The van der Waals surface area contributed by atoms with Gasteiger partial charge in [-0.1, -0.05) is 12.1 Å². The molecule has 2 rings (SSSR count). The van der Waals surface area contributed by atoms with Gasteiger partial charge in [-0.2, -0.15) is 0 Å². The first kappa shape index (κ1) is 18.9. The van der Waals surface area contributed by atoms with Crippen LogP contribution in [0.4, 0.5) is 15.8 Å². The first-order valence-electron chi connectivity index (χ1n) is 7.72. The summed E-state index contributed by atoms with van der Waals surface area (Å²) in [4.78, 5) is 12.6. The lowest BCUT2D eigenvalue weighted by Gasteiger charge is -2.28. The third-order valence-corrected chi connectivity index (χ3v) is 5.06. The highest BCUT2D eigenvalue weighted by Gasteiger charge is 2.29. The van der Waals surface area contributed by atoms with Crippen molar-refractivity contribution in [3.05, 3.63) is 59.4 Å². The summed E-state index contributed by atoms with van der Waals surface area (Å²) >= 11 is 0. The van der Waals surface area contributed by atoms with Crippen molar-refractivity contribution in [2.24, 2.45) is 0 Å². The van der Waals surface area contributed by atoms with Crippen LogP contribution in [-0.4, -0.2) is 26.6 Å². The lowest BCUT2D eigenvalue weighted by molar-refractivity contribution is -0.116. The Hall–Kier alpha value is -2.41. The van der Waals surface area contributed by atoms with Crippen LogP contribution in [-0.2, 0) is 14.8 Å². The Morgan fingerprint density at radius 1 is 1.12 bits per heavy atom. The molecule has 5 nitrogen and oxygen atoms in total. The summed E-state index contributed by atoms with van der Waals surface area (Å²) in [5.41, 5.74) is 2.71. The van der Waals surface area contributed by atoms with Crippen molar-refractivity contribution in [2.45, 2.75) is 26.8 Å². The van der Waals surface area contributed by atoms with Gasteiger partial charge in [0.1, 0.15) is 11.9 Å². The molecule has 0 aliphatic carbocycles. The van der Waals surface area contributed by atoms with Crippen LogP contribution in [0, 0.1) is 19.7 Å². The minimum absolute atomic E-state index is 0.229. The average molecular weight is 364 g/mol. The average Bonchev–Trinajstić information content (AvgIpc) is 2.51. The number of sulfonamides is 1. The van der Waals surface area contributed by atoms with Crippen molar-refractivity contribution in [1.29, 1.82) is 0 Å². The van der Waals surface area contributed by atoms with Crippen molar-refractivity contribution >= 4 is 27.3 Å². The van der Waals surface area contributed by atoms with Crippen molar-refractivity contribution in [2.75, 3.05) is 15.9 Å². The largest absolute Gasteiger partial charge is 0.324 e. The number of anilines is 2. The van der Waals surface area contributed by atoms with Crippen LogP contribution in [0.1, 0.15) is 18.1 Å². The molecule has 1 N–H and O–H groups in total. The highest BCUT2D eigenvalue weighted by molar-refractivity contribution is 7.92. The molecule has 7 heteroatoms. The lowest BCUT2D eigenvalue weighted by atomic mass is 10.1. The van der Waals surface area contributed by atoms with Gasteiger partial charge in [0.2, 0.25) is 15.9 Å². The first-order chi connectivity index (χ1) is 11.6. The molecular weight excluding hydrogens is 343 g/mol. The van der Waals surface area contributed by atoms with Gasteiger partial charge in [0.15, 0.2) is 0 Å². The molecule has 0 aliphatic rings. The molecule has 1 amide bonds. The first-order valence-corrected chi connectivity index (χ1v) is 9.57. The maximum Gasteiger partial charge on any atom is 0.248 e. The molecule has 0 heterocycles. The predicted molar refractivity (Wildman–Crippen MR) is 97.7 cm³/mol. The molecule has 0 spiro atoms. The fourth-order valence-electron chi connectivity index (χ4n) is 2.50. The van der Waals surface area contributed by atoms with Crippen LogP contribution < -0.4 is 9.62 Å². The number of benzene rings is 2. The van der Waals surface area contributed by atoms with Crippen LogP contribution >= 0.6 is 0 Å². The van der Waals surface area contributed by atoms with Crippen molar-refractivity contribution in [3.63, 3.8) is 0 Å². The van der Waals surface area contributed by atoms with Gasteiger partial charge in [-0.25, -0.2) is 12.8 Å². The van der Waals surface area contributed by atoms with E-state index in [1.165, 1.54) is 19.1 Å². The lowest BCUT2D eigenvalue weighted by Crippen LogP contribution is -2.45. The quantitative estimate of drug-likeness (QED) is 0.886. The Morgan fingerprint density at radius 3 is 2.28 bits per heavy atom. The normalized spacial score (nSPS) is 12.5. The second-order valence-corrected chi connectivity index (χ2v) is 7.88. The Labute approximate surface area is 147 Å². The van der Waals surface area contributed by atoms with Crippen LogP contribution in [0.5, 0.6) is 0 Å². The van der Waals surface area contributed by atoms with Gasteiger partial charge in [-0.05, 0) is 62.2 Å². The standard InChI is InChI=1S/C18H21FN2O3S/c1-12-5-6-13(2)17(11-12)20-18(22)14(3)21(25(4,23)24)16-9-7-15(19)8-10-16/h5-11,14H,1-4H3,(H,20,22)/t14-/m1/s1. The van der Waals surface area contributed by atoms with Gasteiger partial charge in [0.25, 0.3) is 0 Å². The molecule has 2 aromatic rings. The molecule has 134 valence electrons. The summed E-state index contributed by atoms with van der Waals surface area (Å²) in [6.07, 6.45) is 1.01. The van der Waals surface area contributed by atoms with E-state index in [2.05, 4.69) is 5.32 Å². The number of hydrogen-bond donors (Lipinski definition) is 1. The minimum atomic E-state index is -3.74. The monoisotopic (exact) mass is 364 g/mol. The highest BCUT2D eigenvalue weighted by Crippen LogP contribution is 2.23. The summed E-state index contributed by atoms with van der Waals surface area (Å²) in [6, 6.07) is 9.60. The number of carbonyl (C=O) groups is 1. The molecule has 25 heavy (non-hydrogen) atoms. The third kappa shape index (κ3) is 4.57. The molecule has 0 bridgehead atoms. The Bertz CT molecular complexity index is 880. The van der Waals surface area contributed by atoms with Crippen molar-refractivity contribution in [1.82, 2.24) is 0 Å². The van der Waals surface area contributed by atoms with E-state index in [0.717, 1.165) is 33.8 Å². The van der Waals surface area contributed by atoms with Gasteiger partial charge >= 0.3 is 0 Å². The highest BCUT2D eigenvalue weighted by atomic mass is 32.2. The summed E-state index contributed by atoms with van der Waals surface area (Å²) < 4.78 is 38.5. The fraction of sp³-hybridized carbons (Fsp3) is 0.278. The maximum absolute atomic E-state index is 13.1. The molecule has 0 saturated heterocycles. The number of nitrogens with one attached hydrogen (secondary N) is 1. The molecule has 0 unspecified atom stereocenters. The SMILES string of the molecule is Cc1ccc(C)c(NC(=O)[C@@H](C)N(c2ccc(F)cc2)S(C)(=O)=O)c1. The van der Waals surface area contributed by atoms with Gasteiger partial charge in [-0.3, -0.25) is 9.10 Å². The number of hydrogen-bond acceptors (Lipinski definition) is 3. The van der Waals surface area contributed by atoms with E-state index in [1.54, 1.807) is 0 Å². The maximum atomic E-state index is 13.1. The van der Waals surface area contributed by atoms with E-state index >= 15 is 0 Å². The van der Waals surface area contributed by atoms with Gasteiger partial charge in [-0.15, -0.1) is 0 Å². The van der Waals surface area contributed by atoms with Crippen LogP contribution in [0.25, 0.3) is 0 Å². The molecule has 0 saturated carbocycles. The molecule has 0 aromatic heterocycles. The summed E-state index contributed by atoms with van der Waals surface area (Å²) in [5.74, 6) is -0.951. The zero-order valence-corrected chi connectivity index (χ0v) is 15.4. The van der Waals surface area contributed by atoms with Crippen LogP contribution in [0.3, 0.4) is 0 Å². The van der Waals surface area contributed by atoms with E-state index in [0.29, 0.717) is 5.69 Å².